The van der Waals surface area contributed by atoms with Crippen molar-refractivity contribution in [1.29, 1.82) is 0 Å². The number of carbonyl (C=O) groups is 1. The summed E-state index contributed by atoms with van der Waals surface area (Å²) in [5, 5.41) is 6.95. The number of hydrogen-bond donors (Lipinski definition) is 1. The van der Waals surface area contributed by atoms with Crippen LogP contribution in [0.2, 0.25) is 0 Å². The standard InChI is InChI=1S/C23H33N3O4S/c1-6-18-9-11-19(12-10-18)21(15(2)3)24-23(27)20-8-7-13-26(14-20)31(28,29)22-16(4)25-30-17(22)5/h9-12,15,20-21H,6-8,13-14H2,1-5H3,(H,24,27). The van der Waals surface area contributed by atoms with Gasteiger partial charge in [-0.3, -0.25) is 4.79 Å². The van der Waals surface area contributed by atoms with Gasteiger partial charge in [-0.25, -0.2) is 8.42 Å². The predicted molar refractivity (Wildman–Crippen MR) is 119 cm³/mol. The van der Waals surface area contributed by atoms with Crippen LogP contribution in [0.3, 0.4) is 0 Å². The lowest BCUT2D eigenvalue weighted by Crippen LogP contribution is -2.46. The maximum atomic E-state index is 13.2. The first-order valence-corrected chi connectivity index (χ1v) is 12.4. The summed E-state index contributed by atoms with van der Waals surface area (Å²) in [7, 11) is -3.75. The Labute approximate surface area is 185 Å². The lowest BCUT2D eigenvalue weighted by Gasteiger charge is -2.33. The Kier molecular flexibility index (Phi) is 7.21. The molecule has 1 N–H and O–H groups in total. The molecule has 2 unspecified atom stereocenters. The van der Waals surface area contributed by atoms with E-state index >= 15 is 0 Å². The van der Waals surface area contributed by atoms with Crippen molar-refractivity contribution in [3.05, 3.63) is 46.8 Å². The van der Waals surface area contributed by atoms with Crippen LogP contribution in [0.15, 0.2) is 33.7 Å². The van der Waals surface area contributed by atoms with E-state index in [-0.39, 0.29) is 41.0 Å². The minimum absolute atomic E-state index is 0.100. The third kappa shape index (κ3) is 5.01. The van der Waals surface area contributed by atoms with E-state index in [1.807, 2.05) is 0 Å². The predicted octanol–water partition coefficient (Wildman–Crippen LogP) is 3.77. The van der Waals surface area contributed by atoms with Crippen molar-refractivity contribution >= 4 is 15.9 Å². The molecule has 8 heteroatoms. The molecule has 1 aromatic heterocycles. The molecule has 1 amide bonds. The third-order valence-electron chi connectivity index (χ3n) is 6.03. The number of piperidine rings is 1. The summed E-state index contributed by atoms with van der Waals surface area (Å²) in [5.41, 5.74) is 2.67. The zero-order chi connectivity index (χ0) is 22.8. The van der Waals surface area contributed by atoms with Crippen LogP contribution in [-0.2, 0) is 21.2 Å². The molecule has 2 atom stereocenters. The molecule has 1 saturated heterocycles. The van der Waals surface area contributed by atoms with Gasteiger partial charge in [0.1, 0.15) is 10.6 Å². The lowest BCUT2D eigenvalue weighted by atomic mass is 9.92. The maximum Gasteiger partial charge on any atom is 0.248 e. The topological polar surface area (TPSA) is 92.5 Å². The highest BCUT2D eigenvalue weighted by Crippen LogP contribution is 2.29. The molecule has 0 saturated carbocycles. The van der Waals surface area contributed by atoms with E-state index in [0.29, 0.717) is 25.1 Å². The van der Waals surface area contributed by atoms with E-state index in [1.54, 1.807) is 13.8 Å². The highest BCUT2D eigenvalue weighted by atomic mass is 32.2. The number of nitrogens with one attached hydrogen (secondary N) is 1. The molecule has 2 aromatic rings. The molecule has 0 spiro atoms. The monoisotopic (exact) mass is 447 g/mol. The van der Waals surface area contributed by atoms with Crippen molar-refractivity contribution in [1.82, 2.24) is 14.8 Å². The fraction of sp³-hybridized carbons (Fsp3) is 0.565. The number of rotatable bonds is 7. The first-order chi connectivity index (χ1) is 14.6. The van der Waals surface area contributed by atoms with Gasteiger partial charge in [0, 0.05) is 13.1 Å². The zero-order valence-corrected chi connectivity index (χ0v) is 19.8. The van der Waals surface area contributed by atoms with E-state index in [0.717, 1.165) is 12.0 Å². The van der Waals surface area contributed by atoms with Crippen LogP contribution >= 0.6 is 0 Å². The van der Waals surface area contributed by atoms with Crippen LogP contribution < -0.4 is 5.32 Å². The van der Waals surface area contributed by atoms with Crippen molar-refractivity contribution in [2.24, 2.45) is 11.8 Å². The fourth-order valence-electron chi connectivity index (χ4n) is 4.21. The van der Waals surface area contributed by atoms with Crippen molar-refractivity contribution in [3.8, 4) is 0 Å². The molecule has 3 rings (SSSR count). The minimum Gasteiger partial charge on any atom is -0.360 e. The number of hydrogen-bond acceptors (Lipinski definition) is 5. The Morgan fingerprint density at radius 3 is 2.48 bits per heavy atom. The summed E-state index contributed by atoms with van der Waals surface area (Å²) >= 11 is 0. The molecule has 0 radical (unpaired) electrons. The van der Waals surface area contributed by atoms with Gasteiger partial charge in [-0.1, -0.05) is 50.2 Å². The second-order valence-electron chi connectivity index (χ2n) is 8.68. The van der Waals surface area contributed by atoms with Gasteiger partial charge < -0.3 is 9.84 Å². The van der Waals surface area contributed by atoms with E-state index in [1.165, 1.54) is 9.87 Å². The number of sulfonamides is 1. The van der Waals surface area contributed by atoms with Crippen LogP contribution in [0, 0.1) is 25.7 Å². The Balaban J connectivity index is 1.75. The largest absolute Gasteiger partial charge is 0.360 e. The number of carbonyl (C=O) groups excluding carboxylic acids is 1. The van der Waals surface area contributed by atoms with Gasteiger partial charge in [-0.15, -0.1) is 0 Å². The Bertz CT molecular complexity index is 992. The molecule has 7 nitrogen and oxygen atoms in total. The molecule has 0 aliphatic carbocycles. The first kappa shape index (κ1) is 23.5. The average Bonchev–Trinajstić information content (AvgIpc) is 3.10. The van der Waals surface area contributed by atoms with Crippen molar-refractivity contribution < 1.29 is 17.7 Å². The maximum absolute atomic E-state index is 13.2. The molecule has 2 heterocycles. The van der Waals surface area contributed by atoms with Crippen LogP contribution in [0.5, 0.6) is 0 Å². The summed E-state index contributed by atoms with van der Waals surface area (Å²) in [6, 6.07) is 8.20. The van der Waals surface area contributed by atoms with Gasteiger partial charge >= 0.3 is 0 Å². The Hall–Kier alpha value is -2.19. The summed E-state index contributed by atoms with van der Waals surface area (Å²) in [4.78, 5) is 13.3. The molecular weight excluding hydrogens is 414 g/mol. The highest BCUT2D eigenvalue weighted by molar-refractivity contribution is 7.89. The average molecular weight is 448 g/mol. The molecule has 170 valence electrons. The van der Waals surface area contributed by atoms with E-state index in [2.05, 4.69) is 55.5 Å². The van der Waals surface area contributed by atoms with Crippen LogP contribution in [0.4, 0.5) is 0 Å². The molecule has 1 aromatic carbocycles. The molecule has 31 heavy (non-hydrogen) atoms. The smallest absolute Gasteiger partial charge is 0.248 e. The highest BCUT2D eigenvalue weighted by Gasteiger charge is 2.37. The second-order valence-corrected chi connectivity index (χ2v) is 10.6. The van der Waals surface area contributed by atoms with Crippen molar-refractivity contribution in [2.45, 2.75) is 64.8 Å². The normalized spacial score (nSPS) is 18.8. The van der Waals surface area contributed by atoms with Gasteiger partial charge in [-0.2, -0.15) is 4.31 Å². The third-order valence-corrected chi connectivity index (χ3v) is 8.14. The summed E-state index contributed by atoms with van der Waals surface area (Å²) < 4.78 is 32.8. The van der Waals surface area contributed by atoms with Crippen LogP contribution in [0.25, 0.3) is 0 Å². The Morgan fingerprint density at radius 1 is 1.26 bits per heavy atom. The summed E-state index contributed by atoms with van der Waals surface area (Å²) in [5.74, 6) is -0.00118. The van der Waals surface area contributed by atoms with Gasteiger partial charge in [0.2, 0.25) is 15.9 Å². The van der Waals surface area contributed by atoms with E-state index in [9.17, 15) is 13.2 Å². The first-order valence-electron chi connectivity index (χ1n) is 11.0. The Morgan fingerprint density at radius 2 is 1.94 bits per heavy atom. The quantitative estimate of drug-likeness (QED) is 0.697. The second kappa shape index (κ2) is 9.53. The minimum atomic E-state index is -3.75. The van der Waals surface area contributed by atoms with Gasteiger partial charge in [0.05, 0.1) is 12.0 Å². The number of nitrogens with zero attached hydrogens (tertiary/aromatic N) is 2. The molecule has 1 fully saturated rings. The van der Waals surface area contributed by atoms with Gasteiger partial charge in [-0.05, 0) is 50.2 Å². The van der Waals surface area contributed by atoms with Crippen LogP contribution in [0.1, 0.15) is 62.2 Å². The number of aryl methyl sites for hydroxylation is 3. The van der Waals surface area contributed by atoms with Gasteiger partial charge in [0.15, 0.2) is 5.76 Å². The molecule has 0 bridgehead atoms. The molecule has 1 aliphatic heterocycles. The summed E-state index contributed by atoms with van der Waals surface area (Å²) in [6.45, 7) is 10.0. The number of benzene rings is 1. The van der Waals surface area contributed by atoms with Crippen molar-refractivity contribution in [2.75, 3.05) is 13.1 Å². The van der Waals surface area contributed by atoms with Crippen molar-refractivity contribution in [3.63, 3.8) is 0 Å². The number of amides is 1. The summed E-state index contributed by atoms with van der Waals surface area (Å²) in [6.07, 6.45) is 2.27. The van der Waals surface area contributed by atoms with Gasteiger partial charge in [0.25, 0.3) is 0 Å². The molecule has 1 aliphatic rings. The lowest BCUT2D eigenvalue weighted by molar-refractivity contribution is -0.127. The van der Waals surface area contributed by atoms with E-state index in [4.69, 9.17) is 4.52 Å². The molecular formula is C23H33N3O4S. The van der Waals surface area contributed by atoms with Crippen LogP contribution in [-0.4, -0.2) is 36.9 Å². The fourth-order valence-corrected chi connectivity index (χ4v) is 6.03. The zero-order valence-electron chi connectivity index (χ0n) is 19.0. The number of aromatic nitrogens is 1. The SMILES string of the molecule is CCc1ccc(C(NC(=O)C2CCCN(S(=O)(=O)c3c(C)noc3C)C2)C(C)C)cc1. The van der Waals surface area contributed by atoms with E-state index < -0.39 is 10.0 Å².